The van der Waals surface area contributed by atoms with Gasteiger partial charge >= 0.3 is 0 Å². The van der Waals surface area contributed by atoms with Gasteiger partial charge in [0.15, 0.2) is 11.5 Å². The lowest BCUT2D eigenvalue weighted by Crippen LogP contribution is -2.13. The SMILES string of the molecule is CCCCCCCC(=O)Nc1ccc(C)cc1Cc1cc(Cl)c(O)c(Cl)c1.CCCCCCCCOc1ccc(Cc2cc(Cl)c(O)c(Cl)c2)c(-c2ccccc2)c1.Cc1ccccc1. The van der Waals surface area contributed by atoms with Crippen molar-refractivity contribution in [3.63, 3.8) is 0 Å². The van der Waals surface area contributed by atoms with E-state index >= 15 is 0 Å². The van der Waals surface area contributed by atoms with Gasteiger partial charge in [-0.05, 0) is 115 Å². The van der Waals surface area contributed by atoms with Crippen molar-refractivity contribution < 1.29 is 19.7 Å². The third-order valence-corrected chi connectivity index (χ3v) is 12.0. The topological polar surface area (TPSA) is 78.8 Å². The number of hydrogen-bond donors (Lipinski definition) is 3. The van der Waals surface area contributed by atoms with E-state index in [-0.39, 0.29) is 37.5 Å². The van der Waals surface area contributed by atoms with Crippen LogP contribution in [0, 0.1) is 13.8 Å². The molecule has 0 atom stereocenters. The summed E-state index contributed by atoms with van der Waals surface area (Å²) in [6.07, 6.45) is 14.8. The van der Waals surface area contributed by atoms with Gasteiger partial charge < -0.3 is 20.3 Å². The minimum Gasteiger partial charge on any atom is -0.505 e. The molecular formula is C56H65Cl4NO4. The second-order valence-electron chi connectivity index (χ2n) is 16.5. The van der Waals surface area contributed by atoms with E-state index in [2.05, 4.69) is 62.5 Å². The van der Waals surface area contributed by atoms with Crippen LogP contribution >= 0.6 is 46.4 Å². The number of phenolic OH excluding ortho intramolecular Hbond substituents is 2. The minimum absolute atomic E-state index is 0.0402. The van der Waals surface area contributed by atoms with Crippen molar-refractivity contribution in [3.8, 4) is 28.4 Å². The van der Waals surface area contributed by atoms with Crippen LogP contribution in [0.2, 0.25) is 20.1 Å². The molecule has 0 aliphatic rings. The van der Waals surface area contributed by atoms with Gasteiger partial charge in [0.25, 0.3) is 0 Å². The summed E-state index contributed by atoms with van der Waals surface area (Å²) in [5, 5.41) is 23.6. The van der Waals surface area contributed by atoms with Crippen LogP contribution in [0.5, 0.6) is 17.2 Å². The molecule has 6 aromatic rings. The molecule has 1 amide bonds. The zero-order valence-corrected chi connectivity index (χ0v) is 41.4. The lowest BCUT2D eigenvalue weighted by atomic mass is 9.94. The maximum atomic E-state index is 12.3. The highest BCUT2D eigenvalue weighted by Gasteiger charge is 2.14. The van der Waals surface area contributed by atoms with E-state index in [0.29, 0.717) is 19.3 Å². The van der Waals surface area contributed by atoms with Crippen molar-refractivity contribution in [2.45, 2.75) is 118 Å². The Morgan fingerprint density at radius 2 is 1.05 bits per heavy atom. The molecular weight excluding hydrogens is 892 g/mol. The van der Waals surface area contributed by atoms with Crippen LogP contribution in [0.3, 0.4) is 0 Å². The number of nitrogens with one attached hydrogen (secondary N) is 1. The fourth-order valence-electron chi connectivity index (χ4n) is 7.27. The molecule has 346 valence electrons. The number of rotatable bonds is 20. The lowest BCUT2D eigenvalue weighted by molar-refractivity contribution is -0.116. The van der Waals surface area contributed by atoms with Gasteiger partial charge in [0.2, 0.25) is 5.91 Å². The van der Waals surface area contributed by atoms with E-state index in [4.69, 9.17) is 51.1 Å². The van der Waals surface area contributed by atoms with Crippen LogP contribution in [0.1, 0.15) is 124 Å². The van der Waals surface area contributed by atoms with Crippen LogP contribution in [0.15, 0.2) is 121 Å². The molecule has 6 aromatic carbocycles. The number of carbonyl (C=O) groups excluding carboxylic acids is 1. The number of aryl methyl sites for hydroxylation is 2. The summed E-state index contributed by atoms with van der Waals surface area (Å²) >= 11 is 24.3. The lowest BCUT2D eigenvalue weighted by Gasteiger charge is -2.14. The molecule has 9 heteroatoms. The van der Waals surface area contributed by atoms with Gasteiger partial charge in [-0.25, -0.2) is 0 Å². The van der Waals surface area contributed by atoms with Gasteiger partial charge in [-0.2, -0.15) is 0 Å². The monoisotopic (exact) mass is 955 g/mol. The van der Waals surface area contributed by atoms with E-state index in [0.717, 1.165) is 76.3 Å². The van der Waals surface area contributed by atoms with Crippen molar-refractivity contribution in [2.24, 2.45) is 0 Å². The summed E-state index contributed by atoms with van der Waals surface area (Å²) in [6, 6.07) is 39.7. The summed E-state index contributed by atoms with van der Waals surface area (Å²) in [7, 11) is 0. The average molecular weight is 958 g/mol. The molecule has 0 saturated carbocycles. The molecule has 0 bridgehead atoms. The quantitative estimate of drug-likeness (QED) is 0.0666. The Kier molecular flexibility index (Phi) is 23.7. The molecule has 65 heavy (non-hydrogen) atoms. The molecule has 0 saturated heterocycles. The number of hydrogen-bond acceptors (Lipinski definition) is 4. The van der Waals surface area contributed by atoms with Crippen LogP contribution in [0.4, 0.5) is 5.69 Å². The number of benzene rings is 6. The van der Waals surface area contributed by atoms with Crippen molar-refractivity contribution >= 4 is 58.0 Å². The van der Waals surface area contributed by atoms with E-state index in [1.165, 1.54) is 56.9 Å². The first-order valence-electron chi connectivity index (χ1n) is 22.9. The van der Waals surface area contributed by atoms with E-state index in [1.54, 1.807) is 24.3 Å². The Morgan fingerprint density at radius 1 is 0.538 bits per heavy atom. The molecule has 0 unspecified atom stereocenters. The van der Waals surface area contributed by atoms with Crippen molar-refractivity contribution in [1.29, 1.82) is 0 Å². The maximum absolute atomic E-state index is 12.3. The van der Waals surface area contributed by atoms with Gasteiger partial charge in [-0.1, -0.05) is 208 Å². The number of halogens is 4. The third kappa shape index (κ3) is 19.0. The van der Waals surface area contributed by atoms with Gasteiger partial charge in [0.1, 0.15) is 5.75 Å². The van der Waals surface area contributed by atoms with E-state index < -0.39 is 0 Å². The summed E-state index contributed by atoms with van der Waals surface area (Å²) in [6.45, 7) is 9.25. The Bertz CT molecular complexity index is 2310. The normalized spacial score (nSPS) is 10.6. The molecule has 0 aliphatic carbocycles. The van der Waals surface area contributed by atoms with Crippen LogP contribution < -0.4 is 10.1 Å². The average Bonchev–Trinajstić information content (AvgIpc) is 3.29. The second kappa shape index (κ2) is 29.1. The molecule has 5 nitrogen and oxygen atoms in total. The number of anilines is 1. The molecule has 0 aliphatic heterocycles. The largest absolute Gasteiger partial charge is 0.505 e. The summed E-state index contributed by atoms with van der Waals surface area (Å²) < 4.78 is 6.06. The molecule has 0 heterocycles. The molecule has 6 rings (SSSR count). The standard InChI is InChI=1S/C27H30Cl2O2.C22H27Cl2NO2.C7H8/c1-2-3-4-5-6-10-15-31-23-14-13-22(24(19-23)21-11-8-7-9-12-21)16-20-17-25(28)27(30)26(29)18-20;1-3-4-5-6-7-8-21(26)25-20-10-9-15(2)11-17(20)12-16-13-18(23)22(27)19(24)14-16;1-7-5-3-2-4-6-7/h7-9,11-14,17-19,30H,2-6,10,15-16H2,1H3;9-11,13-14,27H,3-8,12H2,1-2H3,(H,25,26);2-6H,1H3. The maximum Gasteiger partial charge on any atom is 0.224 e. The molecule has 0 spiro atoms. The molecule has 0 fully saturated rings. The Hall–Kier alpha value is -4.65. The smallest absolute Gasteiger partial charge is 0.224 e. The number of ether oxygens (including phenoxy) is 1. The highest BCUT2D eigenvalue weighted by atomic mass is 35.5. The highest BCUT2D eigenvalue weighted by molar-refractivity contribution is 6.37. The second-order valence-corrected chi connectivity index (χ2v) is 18.1. The molecule has 0 aromatic heterocycles. The highest BCUT2D eigenvalue weighted by Crippen LogP contribution is 2.36. The van der Waals surface area contributed by atoms with Gasteiger partial charge in [0, 0.05) is 12.1 Å². The Labute approximate surface area is 408 Å². The van der Waals surface area contributed by atoms with Crippen LogP contribution in [-0.2, 0) is 17.6 Å². The summed E-state index contributed by atoms with van der Waals surface area (Å²) in [5.74, 6) is 0.744. The summed E-state index contributed by atoms with van der Waals surface area (Å²) in [4.78, 5) is 12.3. The molecule has 0 radical (unpaired) electrons. The fraction of sp³-hybridized carbons (Fsp3) is 0.339. The number of aromatic hydroxyl groups is 2. The van der Waals surface area contributed by atoms with Crippen LogP contribution in [0.25, 0.3) is 11.1 Å². The number of amides is 1. The van der Waals surface area contributed by atoms with Gasteiger partial charge in [-0.3, -0.25) is 4.79 Å². The number of carbonyl (C=O) groups is 1. The zero-order valence-electron chi connectivity index (χ0n) is 38.4. The first-order valence-corrected chi connectivity index (χ1v) is 24.5. The molecule has 3 N–H and O–H groups in total. The van der Waals surface area contributed by atoms with Crippen molar-refractivity contribution in [1.82, 2.24) is 0 Å². The first kappa shape index (κ1) is 53.0. The van der Waals surface area contributed by atoms with Crippen molar-refractivity contribution in [2.75, 3.05) is 11.9 Å². The number of phenols is 2. The minimum atomic E-state index is -0.108. The Morgan fingerprint density at radius 3 is 1.58 bits per heavy atom. The Balaban J connectivity index is 0.000000249. The zero-order chi connectivity index (χ0) is 47.0. The number of unbranched alkanes of at least 4 members (excludes halogenated alkanes) is 9. The third-order valence-electron chi connectivity index (χ3n) is 10.9. The fourth-order valence-corrected chi connectivity index (χ4v) is 8.33. The van der Waals surface area contributed by atoms with E-state index in [1.807, 2.05) is 67.6 Å². The van der Waals surface area contributed by atoms with Crippen LogP contribution in [-0.4, -0.2) is 22.7 Å². The van der Waals surface area contributed by atoms with Gasteiger partial charge in [-0.15, -0.1) is 0 Å². The van der Waals surface area contributed by atoms with Crippen molar-refractivity contribution in [3.05, 3.63) is 175 Å². The predicted octanol–water partition coefficient (Wildman–Crippen LogP) is 17.6. The summed E-state index contributed by atoms with van der Waals surface area (Å²) in [5.41, 5.74) is 9.47. The van der Waals surface area contributed by atoms with E-state index in [9.17, 15) is 15.0 Å². The predicted molar refractivity (Wildman–Crippen MR) is 277 cm³/mol. The first-order chi connectivity index (χ1) is 31.4. The van der Waals surface area contributed by atoms with Gasteiger partial charge in [0.05, 0.1) is 26.7 Å².